The molecule has 0 unspecified atom stereocenters. The Morgan fingerprint density at radius 1 is 1.00 bits per heavy atom. The minimum Gasteiger partial charge on any atom is -0.443 e. The lowest BCUT2D eigenvalue weighted by molar-refractivity contribution is 0.572. The van der Waals surface area contributed by atoms with Crippen LogP contribution in [0.25, 0.3) is 22.6 Å². The predicted molar refractivity (Wildman–Crippen MR) is 86.7 cm³/mol. The van der Waals surface area contributed by atoms with Crippen LogP contribution in [-0.2, 0) is 0 Å². The number of nitrogens with zero attached hydrogens (tertiary/aromatic N) is 2. The summed E-state index contributed by atoms with van der Waals surface area (Å²) in [7, 11) is 4.03. The van der Waals surface area contributed by atoms with Crippen molar-refractivity contribution in [2.45, 2.75) is 0 Å². The number of hydrogen-bond acceptors (Lipinski definition) is 3. The highest BCUT2D eigenvalue weighted by Gasteiger charge is 2.15. The fraction of sp³-hybridized carbons (Fsp3) is 0.118. The highest BCUT2D eigenvalue weighted by atomic mass is 35.5. The topological polar surface area (TPSA) is 29.3 Å². The monoisotopic (exact) mass is 298 g/mol. The zero-order valence-corrected chi connectivity index (χ0v) is 12.6. The quantitative estimate of drug-likeness (QED) is 0.700. The van der Waals surface area contributed by atoms with Crippen LogP contribution >= 0.6 is 11.6 Å². The Balaban J connectivity index is 2.05. The first kappa shape index (κ1) is 13.7. The minimum absolute atomic E-state index is 0.653. The molecule has 0 saturated heterocycles. The van der Waals surface area contributed by atoms with Crippen LogP contribution in [-0.4, -0.2) is 19.1 Å². The van der Waals surface area contributed by atoms with E-state index in [1.54, 1.807) is 0 Å². The first-order valence-electron chi connectivity index (χ1n) is 6.63. The van der Waals surface area contributed by atoms with Gasteiger partial charge in [-0.1, -0.05) is 35.9 Å². The first-order chi connectivity index (χ1) is 10.2. The lowest BCUT2D eigenvalue weighted by atomic mass is 10.1. The van der Waals surface area contributed by atoms with E-state index in [9.17, 15) is 0 Å². The van der Waals surface area contributed by atoms with Crippen molar-refractivity contribution in [3.8, 4) is 22.6 Å². The second kappa shape index (κ2) is 5.62. The zero-order valence-electron chi connectivity index (χ0n) is 11.9. The molecule has 0 amide bonds. The number of anilines is 1. The molecule has 0 fully saturated rings. The zero-order chi connectivity index (χ0) is 14.8. The molecule has 0 aliphatic carbocycles. The predicted octanol–water partition coefficient (Wildman–Crippen LogP) is 4.73. The standard InChI is InChI=1S/C17H15ClN2O/c1-20(2)13-9-7-12(8-10-13)16-17(21-11-19-16)14-5-3-4-6-15(14)18/h3-11H,1-2H3. The summed E-state index contributed by atoms with van der Waals surface area (Å²) in [4.78, 5) is 6.40. The van der Waals surface area contributed by atoms with Gasteiger partial charge in [0.15, 0.2) is 12.2 Å². The van der Waals surface area contributed by atoms with E-state index in [-0.39, 0.29) is 0 Å². The molecule has 21 heavy (non-hydrogen) atoms. The summed E-state index contributed by atoms with van der Waals surface area (Å²) in [5.74, 6) is 0.693. The van der Waals surface area contributed by atoms with E-state index in [1.807, 2.05) is 50.5 Å². The first-order valence-corrected chi connectivity index (χ1v) is 7.01. The molecular weight excluding hydrogens is 284 g/mol. The molecule has 0 aliphatic heterocycles. The van der Waals surface area contributed by atoms with Crippen molar-refractivity contribution in [1.82, 2.24) is 4.98 Å². The molecule has 0 atom stereocenters. The Kier molecular flexibility index (Phi) is 3.67. The van der Waals surface area contributed by atoms with Gasteiger partial charge in [-0.3, -0.25) is 0 Å². The van der Waals surface area contributed by atoms with Crippen molar-refractivity contribution in [2.75, 3.05) is 19.0 Å². The van der Waals surface area contributed by atoms with Crippen LogP contribution in [0.15, 0.2) is 59.3 Å². The fourth-order valence-electron chi connectivity index (χ4n) is 2.21. The second-order valence-electron chi connectivity index (χ2n) is 4.95. The van der Waals surface area contributed by atoms with Crippen LogP contribution in [0.4, 0.5) is 5.69 Å². The number of oxazole rings is 1. The highest BCUT2D eigenvalue weighted by molar-refractivity contribution is 6.33. The van der Waals surface area contributed by atoms with Gasteiger partial charge in [0.2, 0.25) is 0 Å². The fourth-order valence-corrected chi connectivity index (χ4v) is 2.43. The maximum atomic E-state index is 6.25. The molecule has 3 rings (SSSR count). The van der Waals surface area contributed by atoms with Crippen molar-refractivity contribution in [3.05, 3.63) is 59.9 Å². The van der Waals surface area contributed by atoms with E-state index in [4.69, 9.17) is 16.0 Å². The number of benzene rings is 2. The molecule has 0 radical (unpaired) electrons. The van der Waals surface area contributed by atoms with Crippen LogP contribution in [0, 0.1) is 0 Å². The Morgan fingerprint density at radius 3 is 2.38 bits per heavy atom. The van der Waals surface area contributed by atoms with Gasteiger partial charge in [-0.2, -0.15) is 0 Å². The van der Waals surface area contributed by atoms with Gasteiger partial charge in [0.1, 0.15) is 5.69 Å². The second-order valence-corrected chi connectivity index (χ2v) is 5.36. The van der Waals surface area contributed by atoms with Gasteiger partial charge < -0.3 is 9.32 Å². The third-order valence-electron chi connectivity index (χ3n) is 3.34. The van der Waals surface area contributed by atoms with Gasteiger partial charge in [0.05, 0.1) is 5.02 Å². The van der Waals surface area contributed by atoms with Crippen LogP contribution in [0.3, 0.4) is 0 Å². The summed E-state index contributed by atoms with van der Waals surface area (Å²) in [5, 5.41) is 0.653. The molecule has 3 aromatic rings. The van der Waals surface area contributed by atoms with Crippen molar-refractivity contribution in [3.63, 3.8) is 0 Å². The number of rotatable bonds is 3. The summed E-state index contributed by atoms with van der Waals surface area (Å²) in [6.07, 6.45) is 1.45. The molecule has 2 aromatic carbocycles. The maximum Gasteiger partial charge on any atom is 0.182 e. The van der Waals surface area contributed by atoms with Gasteiger partial charge in [0.25, 0.3) is 0 Å². The van der Waals surface area contributed by atoms with Crippen molar-refractivity contribution < 1.29 is 4.42 Å². The van der Waals surface area contributed by atoms with Crippen molar-refractivity contribution in [1.29, 1.82) is 0 Å². The summed E-state index contributed by atoms with van der Waals surface area (Å²) in [6.45, 7) is 0. The number of aromatic nitrogens is 1. The molecule has 0 spiro atoms. The van der Waals surface area contributed by atoms with Crippen molar-refractivity contribution >= 4 is 17.3 Å². The largest absolute Gasteiger partial charge is 0.443 e. The number of hydrogen-bond donors (Lipinski definition) is 0. The van der Waals surface area contributed by atoms with E-state index < -0.39 is 0 Å². The van der Waals surface area contributed by atoms with Crippen LogP contribution in [0.2, 0.25) is 5.02 Å². The Morgan fingerprint density at radius 2 is 1.71 bits per heavy atom. The van der Waals surface area contributed by atoms with E-state index in [1.165, 1.54) is 6.39 Å². The average Bonchev–Trinajstić information content (AvgIpc) is 2.97. The van der Waals surface area contributed by atoms with Gasteiger partial charge in [0, 0.05) is 30.9 Å². The summed E-state index contributed by atoms with van der Waals surface area (Å²) < 4.78 is 5.56. The van der Waals surface area contributed by atoms with Crippen LogP contribution in [0.5, 0.6) is 0 Å². The van der Waals surface area contributed by atoms with Gasteiger partial charge in [-0.25, -0.2) is 4.98 Å². The molecule has 1 heterocycles. The highest BCUT2D eigenvalue weighted by Crippen LogP contribution is 2.35. The molecule has 4 heteroatoms. The lowest BCUT2D eigenvalue weighted by Gasteiger charge is -2.12. The smallest absolute Gasteiger partial charge is 0.182 e. The summed E-state index contributed by atoms with van der Waals surface area (Å²) >= 11 is 6.25. The van der Waals surface area contributed by atoms with Gasteiger partial charge in [-0.05, 0) is 24.3 Å². The Hall–Kier alpha value is -2.26. The van der Waals surface area contributed by atoms with Crippen molar-refractivity contribution in [2.24, 2.45) is 0 Å². The maximum absolute atomic E-state index is 6.25. The third kappa shape index (κ3) is 2.65. The minimum atomic E-state index is 0.653. The van der Waals surface area contributed by atoms with E-state index in [2.05, 4.69) is 22.0 Å². The Bertz CT molecular complexity index is 747. The summed E-state index contributed by atoms with van der Waals surface area (Å²) in [5.41, 5.74) is 3.79. The van der Waals surface area contributed by atoms with Crippen LogP contribution in [0.1, 0.15) is 0 Å². The normalized spacial score (nSPS) is 10.6. The molecule has 0 aliphatic rings. The van der Waals surface area contributed by atoms with Gasteiger partial charge >= 0.3 is 0 Å². The molecule has 0 N–H and O–H groups in total. The van der Waals surface area contributed by atoms with E-state index >= 15 is 0 Å². The SMILES string of the molecule is CN(C)c1ccc(-c2ncoc2-c2ccccc2Cl)cc1. The third-order valence-corrected chi connectivity index (χ3v) is 3.67. The Labute approximate surface area is 128 Å². The molecule has 0 bridgehead atoms. The summed E-state index contributed by atoms with van der Waals surface area (Å²) in [6, 6.07) is 15.8. The van der Waals surface area contributed by atoms with Crippen LogP contribution < -0.4 is 4.90 Å². The lowest BCUT2D eigenvalue weighted by Crippen LogP contribution is -2.07. The average molecular weight is 299 g/mol. The molecule has 1 aromatic heterocycles. The number of halogens is 1. The molecular formula is C17H15ClN2O. The molecule has 106 valence electrons. The molecule has 0 saturated carbocycles. The molecule has 3 nitrogen and oxygen atoms in total. The van der Waals surface area contributed by atoms with E-state index in [0.29, 0.717) is 10.8 Å². The van der Waals surface area contributed by atoms with E-state index in [0.717, 1.165) is 22.5 Å². The van der Waals surface area contributed by atoms with Gasteiger partial charge in [-0.15, -0.1) is 0 Å².